The topological polar surface area (TPSA) is 110 Å². The number of carbonyl (C=O) groups excluding carboxylic acids is 2. The molecule has 0 bridgehead atoms. The second kappa shape index (κ2) is 7.66. The van der Waals surface area contributed by atoms with Crippen LogP contribution in [0.2, 0.25) is 0 Å². The van der Waals surface area contributed by atoms with Gasteiger partial charge in [0.05, 0.1) is 6.61 Å². The molecule has 2 fully saturated rings. The number of nitrogens with zero attached hydrogens (tertiary/aromatic N) is 2. The molecule has 1 amide bonds. The van der Waals surface area contributed by atoms with Gasteiger partial charge in [-0.3, -0.25) is 9.59 Å². The van der Waals surface area contributed by atoms with Crippen LogP contribution in [0, 0.1) is 11.8 Å². The molecular formula is C18H27N3O4. The van der Waals surface area contributed by atoms with Crippen LogP contribution in [-0.2, 0) is 4.79 Å². The van der Waals surface area contributed by atoms with Crippen molar-refractivity contribution in [1.82, 2.24) is 10.1 Å². The molecule has 1 aliphatic heterocycles. The summed E-state index contributed by atoms with van der Waals surface area (Å²) in [5, 5.41) is 12.9. The summed E-state index contributed by atoms with van der Waals surface area (Å²) in [5.41, 5.74) is 6.04. The first-order chi connectivity index (χ1) is 12.0. The third-order valence-corrected chi connectivity index (χ3v) is 5.47. The molecule has 1 saturated carbocycles. The molecule has 2 heterocycles. The van der Waals surface area contributed by atoms with Crippen molar-refractivity contribution in [3.05, 3.63) is 17.5 Å². The maximum absolute atomic E-state index is 12.4. The molecule has 3 N–H and O–H groups in total. The number of hydrogen-bond donors (Lipinski definition) is 2. The molecule has 1 aromatic heterocycles. The number of carbonyl (C=O) groups is 2. The molecular weight excluding hydrogens is 322 g/mol. The van der Waals surface area contributed by atoms with Gasteiger partial charge in [0.1, 0.15) is 17.5 Å². The number of piperidine rings is 1. The summed E-state index contributed by atoms with van der Waals surface area (Å²) in [4.78, 5) is 26.1. The van der Waals surface area contributed by atoms with E-state index in [9.17, 15) is 9.59 Å². The van der Waals surface area contributed by atoms with Crippen molar-refractivity contribution in [2.75, 3.05) is 19.7 Å². The normalized spacial score (nSPS) is 21.2. The van der Waals surface area contributed by atoms with Gasteiger partial charge in [-0.05, 0) is 37.5 Å². The van der Waals surface area contributed by atoms with Crippen LogP contribution in [0.5, 0.6) is 0 Å². The third-order valence-electron chi connectivity index (χ3n) is 5.47. The van der Waals surface area contributed by atoms with Crippen molar-refractivity contribution >= 4 is 11.7 Å². The average molecular weight is 349 g/mol. The van der Waals surface area contributed by atoms with E-state index >= 15 is 0 Å². The Balaban J connectivity index is 1.47. The van der Waals surface area contributed by atoms with Crippen LogP contribution in [0.25, 0.3) is 0 Å². The predicted octanol–water partition coefficient (Wildman–Crippen LogP) is 1.32. The molecule has 1 unspecified atom stereocenters. The lowest BCUT2D eigenvalue weighted by molar-refractivity contribution is -0.135. The molecule has 138 valence electrons. The summed E-state index contributed by atoms with van der Waals surface area (Å²) in [6, 6.07) is 0.966. The van der Waals surface area contributed by atoms with Gasteiger partial charge in [0, 0.05) is 31.5 Å². The van der Waals surface area contributed by atoms with Crippen LogP contribution in [0.1, 0.15) is 61.2 Å². The smallest absolute Gasteiger partial charge is 0.241 e. The molecule has 1 aromatic rings. The molecule has 2 aliphatic rings. The molecule has 1 aliphatic carbocycles. The van der Waals surface area contributed by atoms with Gasteiger partial charge in [0.2, 0.25) is 5.91 Å². The molecule has 7 nitrogen and oxygen atoms in total. The number of likely N-dealkylation sites (tertiary alicyclic amines) is 1. The average Bonchev–Trinajstić information content (AvgIpc) is 3.37. The van der Waals surface area contributed by atoms with Crippen molar-refractivity contribution in [3.8, 4) is 0 Å². The zero-order valence-electron chi connectivity index (χ0n) is 14.7. The van der Waals surface area contributed by atoms with Crippen LogP contribution in [0.4, 0.5) is 0 Å². The van der Waals surface area contributed by atoms with Gasteiger partial charge in [0.15, 0.2) is 5.78 Å². The highest BCUT2D eigenvalue weighted by atomic mass is 16.5. The maximum Gasteiger partial charge on any atom is 0.241 e. The number of amides is 1. The first-order valence-corrected chi connectivity index (χ1v) is 9.14. The Morgan fingerprint density at radius 3 is 2.64 bits per heavy atom. The lowest BCUT2D eigenvalue weighted by Crippen LogP contribution is -2.49. The molecule has 0 spiro atoms. The summed E-state index contributed by atoms with van der Waals surface area (Å²) >= 11 is 0. The quantitative estimate of drug-likeness (QED) is 0.719. The minimum absolute atomic E-state index is 0.0314. The number of aromatic nitrogens is 1. The zero-order valence-corrected chi connectivity index (χ0v) is 14.7. The van der Waals surface area contributed by atoms with Crippen LogP contribution in [0.15, 0.2) is 10.6 Å². The molecule has 3 rings (SSSR count). The Bertz CT molecular complexity index is 618. The zero-order chi connectivity index (χ0) is 18.0. The SMILES string of the molecule is CC(CC(=O)c1cc(C2CC2)on1)C1CCN(C(=O)[C@H](N)CO)CC1. The van der Waals surface area contributed by atoms with Crippen LogP contribution in [0.3, 0.4) is 0 Å². The Labute approximate surface area is 147 Å². The number of nitrogens with two attached hydrogens (primary N) is 1. The number of hydrogen-bond acceptors (Lipinski definition) is 6. The van der Waals surface area contributed by atoms with Gasteiger partial charge < -0.3 is 20.3 Å². The monoisotopic (exact) mass is 349 g/mol. The van der Waals surface area contributed by atoms with Crippen molar-refractivity contribution in [2.45, 2.75) is 51.0 Å². The molecule has 7 heteroatoms. The standard InChI is InChI=1S/C18H27N3O4/c1-11(8-16(23)15-9-17(25-20-15)13-2-3-13)12-4-6-21(7-5-12)18(24)14(19)10-22/h9,11-14,22H,2-8,10,19H2,1H3/t11?,14-/m1/s1. The van der Waals surface area contributed by atoms with E-state index in [4.69, 9.17) is 15.4 Å². The van der Waals surface area contributed by atoms with E-state index in [1.807, 2.05) is 0 Å². The van der Waals surface area contributed by atoms with Gasteiger partial charge in [0.25, 0.3) is 0 Å². The number of Topliss-reactive ketones (excluding diaryl/α,β-unsaturated/α-hetero) is 1. The van der Waals surface area contributed by atoms with Gasteiger partial charge in [-0.1, -0.05) is 12.1 Å². The minimum Gasteiger partial charge on any atom is -0.394 e. The first-order valence-electron chi connectivity index (χ1n) is 9.14. The Morgan fingerprint density at radius 2 is 2.04 bits per heavy atom. The Hall–Kier alpha value is -1.73. The van der Waals surface area contributed by atoms with Crippen LogP contribution >= 0.6 is 0 Å². The first kappa shape index (κ1) is 18.1. The summed E-state index contributed by atoms with van der Waals surface area (Å²) < 4.78 is 5.26. The lowest BCUT2D eigenvalue weighted by Gasteiger charge is -2.35. The number of ketones is 1. The van der Waals surface area contributed by atoms with Gasteiger partial charge in [-0.25, -0.2) is 0 Å². The summed E-state index contributed by atoms with van der Waals surface area (Å²) in [7, 11) is 0. The van der Waals surface area contributed by atoms with E-state index in [0.29, 0.717) is 37.0 Å². The van der Waals surface area contributed by atoms with Crippen molar-refractivity contribution in [2.24, 2.45) is 17.6 Å². The summed E-state index contributed by atoms with van der Waals surface area (Å²) in [5.74, 6) is 1.76. The van der Waals surface area contributed by atoms with Crippen molar-refractivity contribution < 1.29 is 19.2 Å². The van der Waals surface area contributed by atoms with Gasteiger partial charge in [-0.2, -0.15) is 0 Å². The van der Waals surface area contributed by atoms with E-state index in [-0.39, 0.29) is 24.2 Å². The van der Waals surface area contributed by atoms with Gasteiger partial charge >= 0.3 is 0 Å². The number of rotatable bonds is 7. The highest BCUT2D eigenvalue weighted by Gasteiger charge is 2.31. The van der Waals surface area contributed by atoms with E-state index < -0.39 is 6.04 Å². The minimum atomic E-state index is -0.830. The molecule has 0 radical (unpaired) electrons. The van der Waals surface area contributed by atoms with Crippen molar-refractivity contribution in [3.63, 3.8) is 0 Å². The van der Waals surface area contributed by atoms with Crippen molar-refractivity contribution in [1.29, 1.82) is 0 Å². The fourth-order valence-electron chi connectivity index (χ4n) is 3.55. The molecule has 1 saturated heterocycles. The van der Waals surface area contributed by atoms with E-state index in [0.717, 1.165) is 31.4 Å². The third kappa shape index (κ3) is 4.27. The largest absolute Gasteiger partial charge is 0.394 e. The summed E-state index contributed by atoms with van der Waals surface area (Å²) in [6.07, 6.45) is 4.40. The van der Waals surface area contributed by atoms with E-state index in [1.165, 1.54) is 0 Å². The number of aliphatic hydroxyl groups excluding tert-OH is 1. The van der Waals surface area contributed by atoms with E-state index in [2.05, 4.69) is 12.1 Å². The predicted molar refractivity (Wildman–Crippen MR) is 91.0 cm³/mol. The van der Waals surface area contributed by atoms with Crippen LogP contribution < -0.4 is 5.73 Å². The fraction of sp³-hybridized carbons (Fsp3) is 0.722. The molecule has 2 atom stereocenters. The number of aliphatic hydroxyl groups is 1. The second-order valence-electron chi connectivity index (χ2n) is 7.45. The lowest BCUT2D eigenvalue weighted by atomic mass is 9.82. The molecule has 0 aromatic carbocycles. The van der Waals surface area contributed by atoms with Crippen LogP contribution in [-0.4, -0.2) is 52.6 Å². The second-order valence-corrected chi connectivity index (χ2v) is 7.45. The Morgan fingerprint density at radius 1 is 1.36 bits per heavy atom. The Kier molecular flexibility index (Phi) is 5.54. The van der Waals surface area contributed by atoms with E-state index in [1.54, 1.807) is 11.0 Å². The highest BCUT2D eigenvalue weighted by molar-refractivity contribution is 5.94. The maximum atomic E-state index is 12.4. The molecule has 25 heavy (non-hydrogen) atoms. The van der Waals surface area contributed by atoms with Gasteiger partial charge in [-0.15, -0.1) is 0 Å². The highest BCUT2D eigenvalue weighted by Crippen LogP contribution is 2.40. The summed E-state index contributed by atoms with van der Waals surface area (Å²) in [6.45, 7) is 3.02. The fourth-order valence-corrected chi connectivity index (χ4v) is 3.55.